The van der Waals surface area contributed by atoms with Gasteiger partial charge in [0.2, 0.25) is 0 Å². The number of halogens is 3. The molecule has 9 heteroatoms. The maximum absolute atomic E-state index is 13.8. The minimum atomic E-state index is -3.72. The summed E-state index contributed by atoms with van der Waals surface area (Å²) in [4.78, 5) is 0. The molecule has 1 fully saturated rings. The van der Waals surface area contributed by atoms with Crippen molar-refractivity contribution in [3.8, 4) is 0 Å². The number of nitrogens with one attached hydrogen (secondary N) is 1. The number of rotatable bonds is 6. The highest BCUT2D eigenvalue weighted by Gasteiger charge is 2.31. The molecule has 0 heterocycles. The zero-order valence-corrected chi connectivity index (χ0v) is 15.2. The first-order valence-electron chi connectivity index (χ1n) is 7.21. The fourth-order valence-corrected chi connectivity index (χ4v) is 4.14. The van der Waals surface area contributed by atoms with Gasteiger partial charge in [-0.3, -0.25) is 0 Å². The molecule has 1 aromatic rings. The number of hydrogen-bond acceptors (Lipinski definition) is 3. The van der Waals surface area contributed by atoms with Crippen LogP contribution in [0.25, 0.3) is 0 Å². The van der Waals surface area contributed by atoms with Crippen LogP contribution < -0.4 is 10.5 Å². The average Bonchev–Trinajstić information content (AvgIpc) is 2.89. The molecule has 0 radical (unpaired) electrons. The first kappa shape index (κ1) is 20.6. The lowest BCUT2D eigenvalue weighted by molar-refractivity contribution is 0.409. The van der Waals surface area contributed by atoms with Gasteiger partial charge in [0.05, 0.1) is 0 Å². The van der Waals surface area contributed by atoms with E-state index in [4.69, 9.17) is 17.3 Å². The quantitative estimate of drug-likeness (QED) is 0.788. The van der Waals surface area contributed by atoms with Gasteiger partial charge in [-0.15, -0.1) is 12.4 Å². The van der Waals surface area contributed by atoms with E-state index in [1.807, 2.05) is 0 Å². The van der Waals surface area contributed by atoms with Crippen LogP contribution in [0.2, 0.25) is 5.02 Å². The molecular weight excluding hydrogens is 364 g/mol. The molecule has 0 saturated heterocycles. The van der Waals surface area contributed by atoms with E-state index in [2.05, 4.69) is 4.72 Å². The molecule has 1 aromatic carbocycles. The van der Waals surface area contributed by atoms with Crippen LogP contribution in [0.4, 0.5) is 4.39 Å². The Balaban J connectivity index is 0.00000264. The van der Waals surface area contributed by atoms with Crippen molar-refractivity contribution in [1.82, 2.24) is 9.03 Å². The van der Waals surface area contributed by atoms with Gasteiger partial charge in [0.15, 0.2) is 0 Å². The van der Waals surface area contributed by atoms with E-state index < -0.39 is 16.0 Å². The van der Waals surface area contributed by atoms with Crippen molar-refractivity contribution in [3.63, 3.8) is 0 Å². The molecule has 5 nitrogen and oxygen atoms in total. The highest BCUT2D eigenvalue weighted by atomic mass is 35.5. The van der Waals surface area contributed by atoms with Crippen molar-refractivity contribution in [2.24, 2.45) is 11.7 Å². The van der Waals surface area contributed by atoms with Crippen LogP contribution >= 0.6 is 24.0 Å². The molecule has 0 spiro atoms. The van der Waals surface area contributed by atoms with Gasteiger partial charge >= 0.3 is 0 Å². The molecule has 132 valence electrons. The molecule has 1 saturated carbocycles. The summed E-state index contributed by atoms with van der Waals surface area (Å²) in [6, 6.07) is 4.12. The smallest absolute Gasteiger partial charge is 0.279 e. The van der Waals surface area contributed by atoms with E-state index >= 15 is 0 Å². The lowest BCUT2D eigenvalue weighted by Crippen LogP contribution is -2.46. The highest BCUT2D eigenvalue weighted by Crippen LogP contribution is 2.26. The predicted molar refractivity (Wildman–Crippen MR) is 92.4 cm³/mol. The van der Waals surface area contributed by atoms with Crippen molar-refractivity contribution >= 4 is 34.2 Å². The molecule has 0 amide bonds. The molecular formula is C14H22Cl2FN3O2S. The second-order valence-corrected chi connectivity index (χ2v) is 7.83. The SMILES string of the molecule is CN(Cc1c(F)cccc1Cl)S(=O)(=O)NC1CCCC1CN.Cl. The normalized spacial score (nSPS) is 21.4. The van der Waals surface area contributed by atoms with E-state index in [-0.39, 0.29) is 41.5 Å². The number of hydrogen-bond donors (Lipinski definition) is 2. The Morgan fingerprint density at radius 2 is 2.13 bits per heavy atom. The maximum Gasteiger partial charge on any atom is 0.279 e. The van der Waals surface area contributed by atoms with Crippen LogP contribution in [-0.2, 0) is 16.8 Å². The van der Waals surface area contributed by atoms with Gasteiger partial charge in [0.1, 0.15) is 5.82 Å². The van der Waals surface area contributed by atoms with E-state index in [1.54, 1.807) is 0 Å². The molecule has 0 aromatic heterocycles. The molecule has 1 aliphatic carbocycles. The van der Waals surface area contributed by atoms with Crippen molar-refractivity contribution in [2.75, 3.05) is 13.6 Å². The van der Waals surface area contributed by atoms with Gasteiger partial charge in [-0.25, -0.2) is 4.39 Å². The average molecular weight is 386 g/mol. The standard InChI is InChI=1S/C14H21ClFN3O2S.ClH/c1-19(9-11-12(15)5-3-6-13(11)16)22(20,21)18-14-7-2-4-10(14)8-17;/h3,5-6,10,14,18H,2,4,7-9,17H2,1H3;1H. The Bertz CT molecular complexity index is 610. The summed E-state index contributed by atoms with van der Waals surface area (Å²) in [7, 11) is -2.32. The van der Waals surface area contributed by atoms with Crippen LogP contribution in [0.5, 0.6) is 0 Å². The fourth-order valence-electron chi connectivity index (χ4n) is 2.75. The van der Waals surface area contributed by atoms with E-state index in [0.29, 0.717) is 6.54 Å². The zero-order chi connectivity index (χ0) is 16.3. The molecule has 23 heavy (non-hydrogen) atoms. The van der Waals surface area contributed by atoms with Crippen LogP contribution in [0.15, 0.2) is 18.2 Å². The summed E-state index contributed by atoms with van der Waals surface area (Å²) in [6.45, 7) is 0.330. The summed E-state index contributed by atoms with van der Waals surface area (Å²) >= 11 is 5.94. The maximum atomic E-state index is 13.8. The molecule has 2 unspecified atom stereocenters. The Kier molecular flexibility index (Phi) is 7.70. The molecule has 2 atom stereocenters. The Morgan fingerprint density at radius 1 is 1.43 bits per heavy atom. The van der Waals surface area contributed by atoms with Crippen LogP contribution in [0.3, 0.4) is 0 Å². The summed E-state index contributed by atoms with van der Waals surface area (Å²) in [6.07, 6.45) is 2.65. The lowest BCUT2D eigenvalue weighted by atomic mass is 10.1. The minimum Gasteiger partial charge on any atom is -0.330 e. The topological polar surface area (TPSA) is 75.4 Å². The molecule has 0 aliphatic heterocycles. The van der Waals surface area contributed by atoms with Gasteiger partial charge in [-0.05, 0) is 37.4 Å². The summed E-state index contributed by atoms with van der Waals surface area (Å²) < 4.78 is 42.3. The van der Waals surface area contributed by atoms with E-state index in [9.17, 15) is 12.8 Å². The highest BCUT2D eigenvalue weighted by molar-refractivity contribution is 7.87. The van der Waals surface area contributed by atoms with Crippen LogP contribution in [-0.4, -0.2) is 32.4 Å². The molecule has 1 aliphatic rings. The van der Waals surface area contributed by atoms with Gasteiger partial charge in [-0.1, -0.05) is 24.1 Å². The van der Waals surface area contributed by atoms with E-state index in [1.165, 1.54) is 25.2 Å². The number of nitrogens with two attached hydrogens (primary N) is 1. The monoisotopic (exact) mass is 385 g/mol. The molecule has 0 bridgehead atoms. The Morgan fingerprint density at radius 3 is 2.74 bits per heavy atom. The second-order valence-electron chi connectivity index (χ2n) is 5.61. The largest absolute Gasteiger partial charge is 0.330 e. The van der Waals surface area contributed by atoms with Crippen LogP contribution in [0.1, 0.15) is 24.8 Å². The Hall–Kier alpha value is -0.440. The van der Waals surface area contributed by atoms with Crippen molar-refractivity contribution < 1.29 is 12.8 Å². The van der Waals surface area contributed by atoms with Gasteiger partial charge in [0, 0.05) is 30.2 Å². The second kappa shape index (κ2) is 8.60. The zero-order valence-electron chi connectivity index (χ0n) is 12.8. The first-order chi connectivity index (χ1) is 10.3. The first-order valence-corrected chi connectivity index (χ1v) is 9.03. The summed E-state index contributed by atoms with van der Waals surface area (Å²) in [5.41, 5.74) is 5.83. The third-order valence-electron chi connectivity index (χ3n) is 4.11. The third-order valence-corrected chi connectivity index (χ3v) is 6.02. The van der Waals surface area contributed by atoms with Gasteiger partial charge in [-0.2, -0.15) is 17.4 Å². The van der Waals surface area contributed by atoms with Gasteiger partial charge in [0.25, 0.3) is 10.2 Å². The minimum absolute atomic E-state index is 0. The van der Waals surface area contributed by atoms with Gasteiger partial charge < -0.3 is 5.73 Å². The number of nitrogens with zero attached hydrogens (tertiary/aromatic N) is 1. The van der Waals surface area contributed by atoms with E-state index in [0.717, 1.165) is 23.6 Å². The van der Waals surface area contributed by atoms with Crippen molar-refractivity contribution in [2.45, 2.75) is 31.8 Å². The molecule has 2 rings (SSSR count). The predicted octanol–water partition coefficient (Wildman–Crippen LogP) is 2.29. The fraction of sp³-hybridized carbons (Fsp3) is 0.571. The van der Waals surface area contributed by atoms with Crippen molar-refractivity contribution in [1.29, 1.82) is 0 Å². The lowest BCUT2D eigenvalue weighted by Gasteiger charge is -2.24. The Labute approximate surface area is 148 Å². The van der Waals surface area contributed by atoms with Crippen molar-refractivity contribution in [3.05, 3.63) is 34.6 Å². The number of benzene rings is 1. The van der Waals surface area contributed by atoms with Crippen LogP contribution in [0, 0.1) is 11.7 Å². The third kappa shape index (κ3) is 5.01. The summed E-state index contributed by atoms with van der Waals surface area (Å²) in [5, 5.41) is 0.211. The molecule has 3 N–H and O–H groups in total. The summed E-state index contributed by atoms with van der Waals surface area (Å²) in [5.74, 6) is -0.365.